The lowest BCUT2D eigenvalue weighted by Crippen LogP contribution is -2.41. The van der Waals surface area contributed by atoms with Gasteiger partial charge in [-0.3, -0.25) is 14.5 Å². The highest BCUT2D eigenvalue weighted by atomic mass is 16.2. The molecule has 0 spiro atoms. The van der Waals surface area contributed by atoms with Crippen molar-refractivity contribution in [3.63, 3.8) is 0 Å². The van der Waals surface area contributed by atoms with Gasteiger partial charge < -0.3 is 10.2 Å². The second kappa shape index (κ2) is 9.33. The Kier molecular flexibility index (Phi) is 7.13. The fourth-order valence-corrected chi connectivity index (χ4v) is 2.86. The molecule has 27 heavy (non-hydrogen) atoms. The Morgan fingerprint density at radius 1 is 1.00 bits per heavy atom. The highest BCUT2D eigenvalue weighted by Crippen LogP contribution is 2.16. The number of hydrogen-bond donors (Lipinski definition) is 1. The van der Waals surface area contributed by atoms with Crippen LogP contribution in [0.4, 0.5) is 11.4 Å². The molecule has 5 nitrogen and oxygen atoms in total. The number of ketones is 1. The van der Waals surface area contributed by atoms with E-state index in [0.717, 1.165) is 12.2 Å². The van der Waals surface area contributed by atoms with Gasteiger partial charge in [0.2, 0.25) is 5.91 Å². The molecule has 2 aromatic rings. The summed E-state index contributed by atoms with van der Waals surface area (Å²) in [5.74, 6) is -0.0453. The van der Waals surface area contributed by atoms with E-state index in [9.17, 15) is 9.59 Å². The molecule has 1 N–H and O–H groups in total. The zero-order valence-electron chi connectivity index (χ0n) is 16.8. The molecule has 0 radical (unpaired) electrons. The first-order valence-corrected chi connectivity index (χ1v) is 9.24. The molecule has 0 unspecified atom stereocenters. The first kappa shape index (κ1) is 20.6. The fraction of sp³-hybridized carbons (Fsp3) is 0.364. The Bertz CT molecular complexity index is 767. The van der Waals surface area contributed by atoms with Gasteiger partial charge in [-0.15, -0.1) is 0 Å². The maximum absolute atomic E-state index is 12.6. The molecule has 0 bridgehead atoms. The lowest BCUT2D eigenvalue weighted by atomic mass is 10.1. The second-order valence-electron chi connectivity index (χ2n) is 6.92. The molecule has 0 aliphatic carbocycles. The molecular weight excluding hydrogens is 338 g/mol. The SMILES string of the molecule is CCN(Cc1ccc(N(C)C)cc1)[C@H](C)C(=O)Nc1ccc(C(C)=O)cc1. The Labute approximate surface area is 162 Å². The van der Waals surface area contributed by atoms with Crippen LogP contribution in [0, 0.1) is 0 Å². The van der Waals surface area contributed by atoms with Crippen molar-refractivity contribution in [2.24, 2.45) is 0 Å². The van der Waals surface area contributed by atoms with Crippen LogP contribution in [-0.2, 0) is 11.3 Å². The third kappa shape index (κ3) is 5.66. The van der Waals surface area contributed by atoms with E-state index < -0.39 is 0 Å². The molecule has 0 heterocycles. The number of benzene rings is 2. The van der Waals surface area contributed by atoms with Crippen LogP contribution in [0.2, 0.25) is 0 Å². The van der Waals surface area contributed by atoms with Crippen molar-refractivity contribution in [1.82, 2.24) is 4.90 Å². The van der Waals surface area contributed by atoms with Crippen molar-refractivity contribution in [1.29, 1.82) is 0 Å². The summed E-state index contributed by atoms with van der Waals surface area (Å²) in [5, 5.41) is 2.93. The Hall–Kier alpha value is -2.66. The highest BCUT2D eigenvalue weighted by Gasteiger charge is 2.20. The number of anilines is 2. The van der Waals surface area contributed by atoms with Crippen LogP contribution < -0.4 is 10.2 Å². The van der Waals surface area contributed by atoms with Gasteiger partial charge in [0, 0.05) is 37.6 Å². The summed E-state index contributed by atoms with van der Waals surface area (Å²) in [6.07, 6.45) is 0. The zero-order valence-corrected chi connectivity index (χ0v) is 16.8. The molecule has 144 valence electrons. The monoisotopic (exact) mass is 367 g/mol. The van der Waals surface area contributed by atoms with Crippen molar-refractivity contribution in [3.8, 4) is 0 Å². The summed E-state index contributed by atoms with van der Waals surface area (Å²) in [5.41, 5.74) is 3.66. The third-order valence-corrected chi connectivity index (χ3v) is 4.73. The number of nitrogens with one attached hydrogen (secondary N) is 1. The average Bonchev–Trinajstić information content (AvgIpc) is 2.66. The standard InChI is InChI=1S/C22H29N3O2/c1-6-25(15-18-7-13-21(14-8-18)24(4)5)16(2)22(27)23-20-11-9-19(10-12-20)17(3)26/h7-14,16H,6,15H2,1-5H3,(H,23,27)/t16-/m1/s1. The first-order valence-electron chi connectivity index (χ1n) is 9.24. The molecule has 0 fully saturated rings. The number of Topliss-reactive ketones (excluding diaryl/α,β-unsaturated/α-hetero) is 1. The molecule has 0 aromatic heterocycles. The number of rotatable bonds is 8. The maximum atomic E-state index is 12.6. The van der Waals surface area contributed by atoms with Gasteiger partial charge in [0.05, 0.1) is 6.04 Å². The highest BCUT2D eigenvalue weighted by molar-refractivity contribution is 5.96. The average molecular weight is 367 g/mol. The van der Waals surface area contributed by atoms with Gasteiger partial charge in [0.15, 0.2) is 5.78 Å². The number of carbonyl (C=O) groups is 2. The number of amides is 1. The molecule has 2 rings (SSSR count). The van der Waals surface area contributed by atoms with Gasteiger partial charge in [0.25, 0.3) is 0 Å². The summed E-state index contributed by atoms with van der Waals surface area (Å²) in [6.45, 7) is 6.98. The van der Waals surface area contributed by atoms with E-state index in [1.807, 2.05) is 21.0 Å². The molecule has 0 saturated carbocycles. The van der Waals surface area contributed by atoms with E-state index in [2.05, 4.69) is 46.3 Å². The second-order valence-corrected chi connectivity index (χ2v) is 6.92. The van der Waals surface area contributed by atoms with Gasteiger partial charge in [-0.1, -0.05) is 19.1 Å². The number of hydrogen-bond acceptors (Lipinski definition) is 4. The van der Waals surface area contributed by atoms with Crippen LogP contribution >= 0.6 is 0 Å². The Morgan fingerprint density at radius 2 is 1.59 bits per heavy atom. The van der Waals surface area contributed by atoms with Crippen molar-refractivity contribution < 1.29 is 9.59 Å². The van der Waals surface area contributed by atoms with E-state index >= 15 is 0 Å². The van der Waals surface area contributed by atoms with Gasteiger partial charge >= 0.3 is 0 Å². The van der Waals surface area contributed by atoms with Crippen LogP contribution in [0.25, 0.3) is 0 Å². The van der Waals surface area contributed by atoms with Crippen LogP contribution in [-0.4, -0.2) is 43.3 Å². The minimum Gasteiger partial charge on any atom is -0.378 e. The fourth-order valence-electron chi connectivity index (χ4n) is 2.86. The summed E-state index contributed by atoms with van der Waals surface area (Å²) in [4.78, 5) is 28.2. The minimum atomic E-state index is -0.268. The topological polar surface area (TPSA) is 52.6 Å². The summed E-state index contributed by atoms with van der Waals surface area (Å²) in [7, 11) is 4.03. The Morgan fingerprint density at radius 3 is 2.07 bits per heavy atom. The number of carbonyl (C=O) groups excluding carboxylic acids is 2. The molecule has 0 aliphatic heterocycles. The molecule has 1 atom stereocenters. The van der Waals surface area contributed by atoms with Gasteiger partial charge in [-0.05, 0) is 62.4 Å². The lowest BCUT2D eigenvalue weighted by molar-refractivity contribution is -0.120. The number of likely N-dealkylation sites (N-methyl/N-ethyl adjacent to an activating group) is 1. The lowest BCUT2D eigenvalue weighted by Gasteiger charge is -2.27. The van der Waals surface area contributed by atoms with E-state index in [1.165, 1.54) is 12.5 Å². The summed E-state index contributed by atoms with van der Waals surface area (Å²) >= 11 is 0. The zero-order chi connectivity index (χ0) is 20.0. The van der Waals surface area contributed by atoms with Crippen LogP contribution in [0.5, 0.6) is 0 Å². The van der Waals surface area contributed by atoms with E-state index in [4.69, 9.17) is 0 Å². The quantitative estimate of drug-likeness (QED) is 0.721. The Balaban J connectivity index is 2.00. The largest absolute Gasteiger partial charge is 0.378 e. The molecule has 2 aromatic carbocycles. The molecule has 0 aliphatic rings. The molecular formula is C22H29N3O2. The smallest absolute Gasteiger partial charge is 0.241 e. The van der Waals surface area contributed by atoms with Crippen molar-refractivity contribution in [2.45, 2.75) is 33.4 Å². The molecule has 5 heteroatoms. The van der Waals surface area contributed by atoms with Gasteiger partial charge in [-0.25, -0.2) is 0 Å². The number of nitrogens with zero attached hydrogens (tertiary/aromatic N) is 2. The van der Waals surface area contributed by atoms with Gasteiger partial charge in [-0.2, -0.15) is 0 Å². The maximum Gasteiger partial charge on any atom is 0.241 e. The van der Waals surface area contributed by atoms with Gasteiger partial charge in [0.1, 0.15) is 0 Å². The van der Waals surface area contributed by atoms with Crippen molar-refractivity contribution in [3.05, 3.63) is 59.7 Å². The van der Waals surface area contributed by atoms with Crippen LogP contribution in [0.1, 0.15) is 36.7 Å². The summed E-state index contributed by atoms with van der Waals surface area (Å²) in [6, 6.07) is 15.1. The van der Waals surface area contributed by atoms with E-state index in [1.54, 1.807) is 24.3 Å². The van der Waals surface area contributed by atoms with Crippen LogP contribution in [0.3, 0.4) is 0 Å². The van der Waals surface area contributed by atoms with Crippen molar-refractivity contribution in [2.75, 3.05) is 30.9 Å². The minimum absolute atomic E-state index is 0.0127. The van der Waals surface area contributed by atoms with Crippen LogP contribution in [0.15, 0.2) is 48.5 Å². The molecule has 1 amide bonds. The van der Waals surface area contributed by atoms with E-state index in [-0.39, 0.29) is 17.7 Å². The third-order valence-electron chi connectivity index (χ3n) is 4.73. The van der Waals surface area contributed by atoms with E-state index in [0.29, 0.717) is 17.8 Å². The van der Waals surface area contributed by atoms with Crippen molar-refractivity contribution >= 4 is 23.1 Å². The predicted molar refractivity (Wildman–Crippen MR) is 111 cm³/mol. The first-order chi connectivity index (χ1) is 12.8. The normalized spacial score (nSPS) is 11.9. The predicted octanol–water partition coefficient (Wildman–Crippen LogP) is 3.80. The summed E-state index contributed by atoms with van der Waals surface area (Å²) < 4.78 is 0. The molecule has 0 saturated heterocycles.